The van der Waals surface area contributed by atoms with Gasteiger partial charge in [-0.05, 0) is 19.3 Å². The largest absolute Gasteiger partial charge is 0.464 e. The summed E-state index contributed by atoms with van der Waals surface area (Å²) in [7, 11) is 0. The molecule has 0 bridgehead atoms. The number of nitrogens with zero attached hydrogens (tertiary/aromatic N) is 1. The molecule has 1 saturated heterocycles. The Balaban J connectivity index is 2.60. The molecule has 1 atom stereocenters. The number of esters is 1. The molecule has 0 aliphatic carbocycles. The number of hydrogen-bond donors (Lipinski definition) is 0. The van der Waals surface area contributed by atoms with Crippen LogP contribution in [0.1, 0.15) is 33.6 Å². The smallest absolute Gasteiger partial charge is 0.328 e. The lowest BCUT2D eigenvalue weighted by Gasteiger charge is -2.37. The molecule has 0 radical (unpaired) electrons. The minimum atomic E-state index is -0.369. The van der Waals surface area contributed by atoms with Crippen molar-refractivity contribution >= 4 is 11.9 Å². The van der Waals surface area contributed by atoms with Crippen LogP contribution in [0.2, 0.25) is 0 Å². The Labute approximate surface area is 90.6 Å². The average molecular weight is 213 g/mol. The summed E-state index contributed by atoms with van der Waals surface area (Å²) >= 11 is 0. The molecule has 0 saturated carbocycles. The summed E-state index contributed by atoms with van der Waals surface area (Å²) in [5.41, 5.74) is 0. The first kappa shape index (κ1) is 12.0. The third kappa shape index (κ3) is 2.94. The number of carbonyl (C=O) groups excluding carboxylic acids is 2. The molecule has 4 heteroatoms. The van der Waals surface area contributed by atoms with Crippen LogP contribution in [0.15, 0.2) is 0 Å². The zero-order valence-corrected chi connectivity index (χ0v) is 9.66. The van der Waals surface area contributed by atoms with Crippen molar-refractivity contribution in [3.63, 3.8) is 0 Å². The Hall–Kier alpha value is -1.06. The standard InChI is InChI=1S/C11H19NO3/c1-4-15-11(14)9(7-8(2)3)12-6-5-10(12)13/h8-9H,4-7H2,1-3H3. The van der Waals surface area contributed by atoms with E-state index in [0.717, 1.165) is 0 Å². The first-order valence-corrected chi connectivity index (χ1v) is 5.52. The highest BCUT2D eigenvalue weighted by molar-refractivity contribution is 5.88. The van der Waals surface area contributed by atoms with Crippen LogP contribution in [-0.2, 0) is 14.3 Å². The first-order chi connectivity index (χ1) is 7.06. The second kappa shape index (κ2) is 5.14. The molecule has 1 aliphatic rings. The van der Waals surface area contributed by atoms with Crippen LogP contribution < -0.4 is 0 Å². The molecule has 1 rings (SSSR count). The van der Waals surface area contributed by atoms with Crippen LogP contribution in [0.4, 0.5) is 0 Å². The number of amides is 1. The average Bonchev–Trinajstić information content (AvgIpc) is 2.14. The Morgan fingerprint density at radius 3 is 2.53 bits per heavy atom. The third-order valence-corrected chi connectivity index (χ3v) is 2.52. The van der Waals surface area contributed by atoms with Crippen LogP contribution in [-0.4, -0.2) is 36.0 Å². The Kier molecular flexibility index (Phi) is 4.12. The molecule has 1 aliphatic heterocycles. The van der Waals surface area contributed by atoms with Crippen molar-refractivity contribution in [2.45, 2.75) is 39.7 Å². The second-order valence-electron chi connectivity index (χ2n) is 4.23. The van der Waals surface area contributed by atoms with Gasteiger partial charge in [-0.15, -0.1) is 0 Å². The summed E-state index contributed by atoms with van der Waals surface area (Å²) in [5, 5.41) is 0. The van der Waals surface area contributed by atoms with Crippen molar-refractivity contribution in [1.29, 1.82) is 0 Å². The van der Waals surface area contributed by atoms with Gasteiger partial charge in [-0.3, -0.25) is 4.79 Å². The van der Waals surface area contributed by atoms with E-state index in [4.69, 9.17) is 4.74 Å². The van der Waals surface area contributed by atoms with Crippen molar-refractivity contribution < 1.29 is 14.3 Å². The number of ether oxygens (including phenoxy) is 1. The third-order valence-electron chi connectivity index (χ3n) is 2.52. The monoisotopic (exact) mass is 213 g/mol. The molecule has 0 aromatic rings. The van der Waals surface area contributed by atoms with Crippen molar-refractivity contribution in [3.8, 4) is 0 Å². The van der Waals surface area contributed by atoms with Gasteiger partial charge in [-0.1, -0.05) is 13.8 Å². The lowest BCUT2D eigenvalue weighted by atomic mass is 9.99. The molecule has 0 aromatic carbocycles. The predicted octanol–water partition coefficient (Wildman–Crippen LogP) is 1.20. The van der Waals surface area contributed by atoms with Gasteiger partial charge in [0.2, 0.25) is 5.91 Å². The molecule has 15 heavy (non-hydrogen) atoms. The Morgan fingerprint density at radius 1 is 1.53 bits per heavy atom. The molecule has 0 spiro atoms. The Bertz CT molecular complexity index is 250. The van der Waals surface area contributed by atoms with E-state index in [1.54, 1.807) is 11.8 Å². The van der Waals surface area contributed by atoms with Crippen LogP contribution in [0, 0.1) is 5.92 Å². The maximum atomic E-state index is 11.6. The fourth-order valence-electron chi connectivity index (χ4n) is 1.70. The summed E-state index contributed by atoms with van der Waals surface area (Å²) in [6, 6.07) is -0.369. The van der Waals surface area contributed by atoms with E-state index in [-0.39, 0.29) is 17.9 Å². The van der Waals surface area contributed by atoms with E-state index in [2.05, 4.69) is 0 Å². The van der Waals surface area contributed by atoms with E-state index in [1.807, 2.05) is 13.8 Å². The molecular formula is C11H19NO3. The number of carbonyl (C=O) groups is 2. The summed E-state index contributed by atoms with van der Waals surface area (Å²) in [6.45, 7) is 6.92. The SMILES string of the molecule is CCOC(=O)C(CC(C)C)N1CCC1=O. The summed E-state index contributed by atoms with van der Waals surface area (Å²) in [4.78, 5) is 24.5. The summed E-state index contributed by atoms with van der Waals surface area (Å²) in [5.74, 6) is 0.181. The van der Waals surface area contributed by atoms with Gasteiger partial charge < -0.3 is 9.64 Å². The predicted molar refractivity (Wildman–Crippen MR) is 56.2 cm³/mol. The lowest BCUT2D eigenvalue weighted by Crippen LogP contribution is -2.54. The molecule has 1 unspecified atom stereocenters. The van der Waals surface area contributed by atoms with Crippen molar-refractivity contribution in [2.24, 2.45) is 5.92 Å². The van der Waals surface area contributed by atoms with Gasteiger partial charge in [-0.2, -0.15) is 0 Å². The number of likely N-dealkylation sites (tertiary alicyclic amines) is 1. The van der Waals surface area contributed by atoms with Gasteiger partial charge in [0.25, 0.3) is 0 Å². The maximum absolute atomic E-state index is 11.6. The zero-order valence-electron chi connectivity index (χ0n) is 9.66. The highest BCUT2D eigenvalue weighted by Crippen LogP contribution is 2.20. The molecule has 1 amide bonds. The van der Waals surface area contributed by atoms with Crippen molar-refractivity contribution in [1.82, 2.24) is 4.90 Å². The fraction of sp³-hybridized carbons (Fsp3) is 0.818. The van der Waals surface area contributed by atoms with Crippen molar-refractivity contribution in [2.75, 3.05) is 13.2 Å². The van der Waals surface area contributed by atoms with Gasteiger partial charge >= 0.3 is 5.97 Å². The van der Waals surface area contributed by atoms with E-state index in [9.17, 15) is 9.59 Å². The van der Waals surface area contributed by atoms with E-state index in [1.165, 1.54) is 0 Å². The molecular weight excluding hydrogens is 194 g/mol. The second-order valence-corrected chi connectivity index (χ2v) is 4.23. The number of rotatable bonds is 5. The topological polar surface area (TPSA) is 46.6 Å². The van der Waals surface area contributed by atoms with E-state index >= 15 is 0 Å². The van der Waals surface area contributed by atoms with E-state index < -0.39 is 0 Å². The van der Waals surface area contributed by atoms with Gasteiger partial charge in [-0.25, -0.2) is 4.79 Å². The molecule has 4 nitrogen and oxygen atoms in total. The molecule has 86 valence electrons. The number of β-lactam (4-membered cyclic amide) rings is 1. The quantitative estimate of drug-likeness (QED) is 0.509. The van der Waals surface area contributed by atoms with Crippen LogP contribution in [0.5, 0.6) is 0 Å². The van der Waals surface area contributed by atoms with Crippen LogP contribution in [0.3, 0.4) is 0 Å². The molecule has 0 N–H and O–H groups in total. The van der Waals surface area contributed by atoms with Gasteiger partial charge in [0.15, 0.2) is 0 Å². The summed E-state index contributed by atoms with van der Waals surface area (Å²) in [6.07, 6.45) is 1.25. The Morgan fingerprint density at radius 2 is 2.20 bits per heavy atom. The maximum Gasteiger partial charge on any atom is 0.328 e. The lowest BCUT2D eigenvalue weighted by molar-refractivity contribution is -0.160. The fourth-order valence-corrected chi connectivity index (χ4v) is 1.70. The van der Waals surface area contributed by atoms with Crippen LogP contribution in [0.25, 0.3) is 0 Å². The minimum absolute atomic E-state index is 0.0636. The van der Waals surface area contributed by atoms with Gasteiger partial charge in [0.05, 0.1) is 6.61 Å². The van der Waals surface area contributed by atoms with Crippen LogP contribution >= 0.6 is 0 Å². The zero-order chi connectivity index (χ0) is 11.4. The first-order valence-electron chi connectivity index (χ1n) is 5.52. The summed E-state index contributed by atoms with van der Waals surface area (Å²) < 4.78 is 4.98. The highest BCUT2D eigenvalue weighted by atomic mass is 16.5. The van der Waals surface area contributed by atoms with Crippen molar-refractivity contribution in [3.05, 3.63) is 0 Å². The van der Waals surface area contributed by atoms with E-state index in [0.29, 0.717) is 31.9 Å². The molecule has 1 fully saturated rings. The normalized spacial score (nSPS) is 17.6. The molecule has 0 aromatic heterocycles. The minimum Gasteiger partial charge on any atom is -0.464 e. The molecule has 1 heterocycles. The van der Waals surface area contributed by atoms with Gasteiger partial charge in [0, 0.05) is 13.0 Å². The van der Waals surface area contributed by atoms with Gasteiger partial charge in [0.1, 0.15) is 6.04 Å². The highest BCUT2D eigenvalue weighted by Gasteiger charge is 2.36. The number of hydrogen-bond acceptors (Lipinski definition) is 3.